The molecule has 0 aromatic heterocycles. The van der Waals surface area contributed by atoms with Crippen LogP contribution in [0.2, 0.25) is 5.02 Å². The molecule has 2 atom stereocenters. The Hall–Kier alpha value is -2.50. The van der Waals surface area contributed by atoms with Crippen LogP contribution in [-0.4, -0.2) is 50.2 Å². The Bertz CT molecular complexity index is 1040. The summed E-state index contributed by atoms with van der Waals surface area (Å²) in [7, 11) is 1.71. The maximum Gasteiger partial charge on any atom is 0.250 e. The Morgan fingerprint density at radius 2 is 1.91 bits per heavy atom. The lowest BCUT2D eigenvalue weighted by Gasteiger charge is -2.33. The van der Waals surface area contributed by atoms with Crippen LogP contribution in [0.25, 0.3) is 6.08 Å². The van der Waals surface area contributed by atoms with Crippen LogP contribution in [0.4, 0.5) is 0 Å². The van der Waals surface area contributed by atoms with Crippen molar-refractivity contribution < 1.29 is 14.3 Å². The summed E-state index contributed by atoms with van der Waals surface area (Å²) in [6, 6.07) is 14.3. The van der Waals surface area contributed by atoms with Gasteiger partial charge in [-0.25, -0.2) is 0 Å². The lowest BCUT2D eigenvalue weighted by Crippen LogP contribution is -2.38. The molecule has 2 aromatic carbocycles. The highest BCUT2D eigenvalue weighted by Gasteiger charge is 2.30. The number of methoxy groups -OCH3 is 1. The van der Waals surface area contributed by atoms with E-state index in [-0.39, 0.29) is 11.9 Å². The molecule has 1 amide bonds. The Morgan fingerprint density at radius 3 is 2.68 bits per heavy atom. The quantitative estimate of drug-likeness (QED) is 0.610. The summed E-state index contributed by atoms with van der Waals surface area (Å²) in [5, 5.41) is 3.90. The van der Waals surface area contributed by atoms with Crippen LogP contribution in [0.15, 0.2) is 48.0 Å². The molecule has 0 unspecified atom stereocenters. The summed E-state index contributed by atoms with van der Waals surface area (Å²) < 4.78 is 11.0. The Morgan fingerprint density at radius 1 is 1.12 bits per heavy atom. The second kappa shape index (κ2) is 10.4. The fourth-order valence-electron chi connectivity index (χ4n) is 5.62. The van der Waals surface area contributed by atoms with Gasteiger partial charge in [-0.1, -0.05) is 23.7 Å². The maximum atomic E-state index is 12.8. The smallest absolute Gasteiger partial charge is 0.250 e. The predicted molar refractivity (Wildman–Crippen MR) is 136 cm³/mol. The van der Waals surface area contributed by atoms with Crippen molar-refractivity contribution in [2.75, 3.05) is 33.4 Å². The highest BCUT2D eigenvalue weighted by Crippen LogP contribution is 2.33. The number of amides is 1. The Balaban J connectivity index is 1.08. The second-order valence-corrected chi connectivity index (χ2v) is 10.3. The molecule has 6 heteroatoms. The second-order valence-electron chi connectivity index (χ2n) is 9.84. The van der Waals surface area contributed by atoms with Crippen molar-refractivity contribution in [3.8, 4) is 11.5 Å². The van der Waals surface area contributed by atoms with E-state index in [1.807, 2.05) is 18.2 Å². The van der Waals surface area contributed by atoms with Crippen LogP contribution >= 0.6 is 11.6 Å². The van der Waals surface area contributed by atoms with E-state index in [0.29, 0.717) is 29.0 Å². The fourth-order valence-corrected chi connectivity index (χ4v) is 5.80. The predicted octanol–water partition coefficient (Wildman–Crippen LogP) is 5.29. The van der Waals surface area contributed by atoms with E-state index in [4.69, 9.17) is 21.1 Å². The number of carbonyl (C=O) groups excluding carboxylic acids is 1. The van der Waals surface area contributed by atoms with Gasteiger partial charge in [0.05, 0.1) is 12.7 Å². The van der Waals surface area contributed by atoms with E-state index in [1.165, 1.54) is 24.8 Å². The zero-order chi connectivity index (χ0) is 23.5. The van der Waals surface area contributed by atoms with Crippen LogP contribution in [0.3, 0.4) is 0 Å². The summed E-state index contributed by atoms with van der Waals surface area (Å²) in [6.45, 7) is 3.74. The molecule has 1 saturated heterocycles. The molecular formula is C28H33ClN2O3. The number of piperidine rings is 1. The van der Waals surface area contributed by atoms with Gasteiger partial charge < -0.3 is 19.7 Å². The molecule has 2 aromatic rings. The molecule has 5 rings (SSSR count). The SMILES string of the molecule is COc1ccc(C2CCN(C[C@H]3CC[C@@H](NC(=O)C4=Cc5cc(Cl)ccc5OC4)C3)CC2)cc1. The zero-order valence-corrected chi connectivity index (χ0v) is 20.5. The number of halogens is 1. The molecule has 0 spiro atoms. The third-order valence-corrected chi connectivity index (χ3v) is 7.78. The molecule has 3 aliphatic rings. The molecule has 0 radical (unpaired) electrons. The van der Waals surface area contributed by atoms with E-state index in [1.54, 1.807) is 13.2 Å². The third-order valence-electron chi connectivity index (χ3n) is 7.54. The van der Waals surface area contributed by atoms with Gasteiger partial charge in [0.1, 0.15) is 18.1 Å². The first-order valence-electron chi connectivity index (χ1n) is 12.4. The average Bonchev–Trinajstić information content (AvgIpc) is 3.30. The fraction of sp³-hybridized carbons (Fsp3) is 0.464. The van der Waals surface area contributed by atoms with Gasteiger partial charge in [0.15, 0.2) is 0 Å². The average molecular weight is 481 g/mol. The Kier molecular flexibility index (Phi) is 7.12. The van der Waals surface area contributed by atoms with E-state index in [2.05, 4.69) is 34.5 Å². The number of rotatable bonds is 6. The highest BCUT2D eigenvalue weighted by atomic mass is 35.5. The lowest BCUT2D eigenvalue weighted by molar-refractivity contribution is -0.118. The number of benzene rings is 2. The topological polar surface area (TPSA) is 50.8 Å². The van der Waals surface area contributed by atoms with Crippen molar-refractivity contribution >= 4 is 23.6 Å². The molecule has 34 heavy (non-hydrogen) atoms. The molecule has 1 saturated carbocycles. The molecule has 1 N–H and O–H groups in total. The van der Waals surface area contributed by atoms with Gasteiger partial charge in [-0.05, 0) is 99.0 Å². The minimum atomic E-state index is -0.0171. The van der Waals surface area contributed by atoms with Gasteiger partial charge in [-0.2, -0.15) is 0 Å². The highest BCUT2D eigenvalue weighted by molar-refractivity contribution is 6.30. The van der Waals surface area contributed by atoms with E-state index in [9.17, 15) is 4.79 Å². The summed E-state index contributed by atoms with van der Waals surface area (Å²) in [5.74, 6) is 2.97. The first kappa shape index (κ1) is 23.3. The number of nitrogens with zero attached hydrogens (tertiary/aromatic N) is 1. The van der Waals surface area contributed by atoms with E-state index in [0.717, 1.165) is 49.5 Å². The van der Waals surface area contributed by atoms with Gasteiger partial charge in [-0.3, -0.25) is 4.79 Å². The number of hydrogen-bond acceptors (Lipinski definition) is 4. The first-order valence-corrected chi connectivity index (χ1v) is 12.8. The van der Waals surface area contributed by atoms with Crippen molar-refractivity contribution in [2.45, 2.75) is 44.1 Å². The minimum absolute atomic E-state index is 0.0171. The monoisotopic (exact) mass is 480 g/mol. The molecular weight excluding hydrogens is 448 g/mol. The van der Waals surface area contributed by atoms with Gasteiger partial charge in [0.2, 0.25) is 0 Å². The van der Waals surface area contributed by atoms with Crippen LogP contribution in [0, 0.1) is 5.92 Å². The number of nitrogens with one attached hydrogen (secondary N) is 1. The van der Waals surface area contributed by atoms with Crippen molar-refractivity contribution in [1.82, 2.24) is 10.2 Å². The number of carbonyl (C=O) groups is 1. The normalized spacial score (nSPS) is 23.1. The molecule has 2 fully saturated rings. The molecule has 2 aliphatic heterocycles. The number of ether oxygens (including phenoxy) is 2. The van der Waals surface area contributed by atoms with E-state index < -0.39 is 0 Å². The summed E-state index contributed by atoms with van der Waals surface area (Å²) in [5.41, 5.74) is 2.96. The van der Waals surface area contributed by atoms with Crippen LogP contribution in [-0.2, 0) is 4.79 Å². The van der Waals surface area contributed by atoms with Crippen LogP contribution < -0.4 is 14.8 Å². The lowest BCUT2D eigenvalue weighted by atomic mass is 9.89. The van der Waals surface area contributed by atoms with Crippen LogP contribution in [0.1, 0.15) is 49.1 Å². The number of likely N-dealkylation sites (tertiary alicyclic amines) is 1. The van der Waals surface area contributed by atoms with E-state index >= 15 is 0 Å². The molecule has 2 heterocycles. The first-order chi connectivity index (χ1) is 16.6. The summed E-state index contributed by atoms with van der Waals surface area (Å²) in [4.78, 5) is 15.5. The largest absolute Gasteiger partial charge is 0.497 e. The number of hydrogen-bond donors (Lipinski definition) is 1. The van der Waals surface area contributed by atoms with Crippen molar-refractivity contribution in [3.05, 3.63) is 64.2 Å². The minimum Gasteiger partial charge on any atom is -0.497 e. The number of fused-ring (bicyclic) bond motifs is 1. The molecule has 1 aliphatic carbocycles. The van der Waals surface area contributed by atoms with Gasteiger partial charge in [0.25, 0.3) is 5.91 Å². The molecule has 5 nitrogen and oxygen atoms in total. The third kappa shape index (κ3) is 5.42. The summed E-state index contributed by atoms with van der Waals surface area (Å²) in [6.07, 6.45) is 7.60. The Labute approximate surface area is 207 Å². The molecule has 0 bridgehead atoms. The van der Waals surface area contributed by atoms with Gasteiger partial charge >= 0.3 is 0 Å². The maximum absolute atomic E-state index is 12.8. The van der Waals surface area contributed by atoms with Gasteiger partial charge in [0, 0.05) is 23.2 Å². The van der Waals surface area contributed by atoms with Gasteiger partial charge in [-0.15, -0.1) is 0 Å². The van der Waals surface area contributed by atoms with Crippen molar-refractivity contribution in [1.29, 1.82) is 0 Å². The standard InChI is InChI=1S/C28H33ClN2O3/c1-33-26-7-3-20(4-8-26)21-10-12-31(13-11-21)17-19-2-6-25(14-19)30-28(32)23-15-22-16-24(29)5-9-27(22)34-18-23/h3-5,7-9,15-16,19,21,25H,2,6,10-14,17-18H2,1H3,(H,30,32)/t19-,25+/m0/s1. The zero-order valence-electron chi connectivity index (χ0n) is 19.8. The van der Waals surface area contributed by atoms with Crippen LogP contribution in [0.5, 0.6) is 11.5 Å². The molecule has 180 valence electrons. The van der Waals surface area contributed by atoms with Crippen molar-refractivity contribution in [2.24, 2.45) is 5.92 Å². The summed E-state index contributed by atoms with van der Waals surface area (Å²) >= 11 is 6.09. The van der Waals surface area contributed by atoms with Crippen molar-refractivity contribution in [3.63, 3.8) is 0 Å².